The highest BCUT2D eigenvalue weighted by molar-refractivity contribution is 5.91. The van der Waals surface area contributed by atoms with Crippen molar-refractivity contribution in [2.24, 2.45) is 0 Å². The fraction of sp³-hybridized carbons (Fsp3) is 0.176. The van der Waals surface area contributed by atoms with E-state index in [0.717, 1.165) is 28.2 Å². The zero-order valence-corrected chi connectivity index (χ0v) is 12.3. The molecule has 3 rings (SSSR count). The average Bonchev–Trinajstić information content (AvgIpc) is 2.46. The third-order valence-electron chi connectivity index (χ3n) is 3.33. The van der Waals surface area contributed by atoms with E-state index in [2.05, 4.69) is 47.3 Å². The van der Waals surface area contributed by atoms with Gasteiger partial charge in [-0.05, 0) is 49.2 Å². The maximum Gasteiger partial charge on any atom is 0.141 e. The molecule has 0 aliphatic heterocycles. The first-order chi connectivity index (χ1) is 10.2. The van der Waals surface area contributed by atoms with E-state index in [4.69, 9.17) is 4.74 Å². The number of fused-ring (bicyclic) bond motifs is 1. The Hall–Kier alpha value is -2.62. The van der Waals surface area contributed by atoms with E-state index in [-0.39, 0.29) is 0 Å². The van der Waals surface area contributed by atoms with Gasteiger partial charge in [0.2, 0.25) is 0 Å². The van der Waals surface area contributed by atoms with Gasteiger partial charge in [-0.25, -0.2) is 9.97 Å². The van der Waals surface area contributed by atoms with Crippen molar-refractivity contribution in [2.75, 3.05) is 12.4 Å². The number of ether oxygens (including phenoxy) is 1. The summed E-state index contributed by atoms with van der Waals surface area (Å²) in [6, 6.07) is 12.1. The van der Waals surface area contributed by atoms with Crippen LogP contribution in [0.3, 0.4) is 0 Å². The van der Waals surface area contributed by atoms with Crippen LogP contribution in [-0.4, -0.2) is 17.1 Å². The van der Waals surface area contributed by atoms with Crippen LogP contribution in [-0.2, 0) is 0 Å². The highest BCUT2D eigenvalue weighted by atomic mass is 16.5. The average molecular weight is 279 g/mol. The molecule has 0 bridgehead atoms. The van der Waals surface area contributed by atoms with Gasteiger partial charge in [-0.15, -0.1) is 0 Å². The second kappa shape index (κ2) is 5.40. The minimum Gasteiger partial charge on any atom is -0.497 e. The zero-order chi connectivity index (χ0) is 14.8. The van der Waals surface area contributed by atoms with Crippen LogP contribution in [0, 0.1) is 13.8 Å². The Morgan fingerprint density at radius 3 is 2.43 bits per heavy atom. The summed E-state index contributed by atoms with van der Waals surface area (Å²) in [7, 11) is 1.65. The number of aryl methyl sites for hydroxylation is 2. The van der Waals surface area contributed by atoms with Gasteiger partial charge in [0.15, 0.2) is 0 Å². The van der Waals surface area contributed by atoms with Crippen LogP contribution in [0.15, 0.2) is 42.7 Å². The summed E-state index contributed by atoms with van der Waals surface area (Å²) >= 11 is 0. The number of methoxy groups -OCH3 is 1. The smallest absolute Gasteiger partial charge is 0.141 e. The zero-order valence-electron chi connectivity index (χ0n) is 12.3. The highest BCUT2D eigenvalue weighted by Crippen LogP contribution is 2.26. The highest BCUT2D eigenvalue weighted by Gasteiger charge is 2.06. The van der Waals surface area contributed by atoms with Gasteiger partial charge in [-0.2, -0.15) is 0 Å². The lowest BCUT2D eigenvalue weighted by Crippen LogP contribution is -1.97. The number of benzene rings is 2. The molecule has 0 fully saturated rings. The van der Waals surface area contributed by atoms with Gasteiger partial charge >= 0.3 is 0 Å². The molecule has 0 aliphatic rings. The van der Waals surface area contributed by atoms with Gasteiger partial charge < -0.3 is 10.1 Å². The minimum atomic E-state index is 0.790. The minimum absolute atomic E-state index is 0.790. The van der Waals surface area contributed by atoms with Gasteiger partial charge in [0.05, 0.1) is 12.6 Å². The summed E-state index contributed by atoms with van der Waals surface area (Å²) in [4.78, 5) is 8.65. The van der Waals surface area contributed by atoms with Crippen LogP contribution in [0.5, 0.6) is 5.75 Å². The summed E-state index contributed by atoms with van der Waals surface area (Å²) in [6.07, 6.45) is 1.56. The SMILES string of the molecule is COc1ccc2c(Nc3cc(C)cc(C)c3)ncnc2c1. The van der Waals surface area contributed by atoms with Crippen LogP contribution in [0.25, 0.3) is 10.9 Å². The van der Waals surface area contributed by atoms with E-state index in [1.165, 1.54) is 11.1 Å². The van der Waals surface area contributed by atoms with Gasteiger partial charge in [-0.3, -0.25) is 0 Å². The topological polar surface area (TPSA) is 47.0 Å². The fourth-order valence-electron chi connectivity index (χ4n) is 2.45. The molecule has 0 saturated heterocycles. The molecule has 0 unspecified atom stereocenters. The van der Waals surface area contributed by atoms with Crippen LogP contribution < -0.4 is 10.1 Å². The summed E-state index contributed by atoms with van der Waals surface area (Å²) in [5.74, 6) is 1.59. The van der Waals surface area contributed by atoms with Crippen molar-refractivity contribution in [1.29, 1.82) is 0 Å². The molecular weight excluding hydrogens is 262 g/mol. The number of aromatic nitrogens is 2. The Morgan fingerprint density at radius 2 is 1.71 bits per heavy atom. The maximum atomic E-state index is 5.23. The molecule has 0 spiro atoms. The summed E-state index contributed by atoms with van der Waals surface area (Å²) < 4.78 is 5.23. The van der Waals surface area contributed by atoms with Crippen molar-refractivity contribution >= 4 is 22.4 Å². The van der Waals surface area contributed by atoms with Gasteiger partial charge in [0.1, 0.15) is 17.9 Å². The molecule has 3 aromatic rings. The maximum absolute atomic E-state index is 5.23. The molecule has 0 radical (unpaired) electrons. The van der Waals surface area contributed by atoms with Crippen molar-refractivity contribution in [3.63, 3.8) is 0 Å². The lowest BCUT2D eigenvalue weighted by molar-refractivity contribution is 0.415. The Morgan fingerprint density at radius 1 is 0.952 bits per heavy atom. The molecular formula is C17H17N3O. The van der Waals surface area contributed by atoms with E-state index >= 15 is 0 Å². The third-order valence-corrected chi connectivity index (χ3v) is 3.33. The molecule has 0 aliphatic carbocycles. The number of anilines is 2. The predicted octanol–water partition coefficient (Wildman–Crippen LogP) is 4.00. The lowest BCUT2D eigenvalue weighted by Gasteiger charge is -2.10. The first-order valence-corrected chi connectivity index (χ1v) is 6.80. The molecule has 1 N–H and O–H groups in total. The number of nitrogens with one attached hydrogen (secondary N) is 1. The normalized spacial score (nSPS) is 10.6. The predicted molar refractivity (Wildman–Crippen MR) is 85.3 cm³/mol. The monoisotopic (exact) mass is 279 g/mol. The van der Waals surface area contributed by atoms with Crippen LogP contribution in [0.2, 0.25) is 0 Å². The van der Waals surface area contributed by atoms with E-state index in [9.17, 15) is 0 Å². The Kier molecular flexibility index (Phi) is 3.44. The van der Waals surface area contributed by atoms with Crippen molar-refractivity contribution < 1.29 is 4.74 Å². The van der Waals surface area contributed by atoms with Gasteiger partial charge in [-0.1, -0.05) is 6.07 Å². The lowest BCUT2D eigenvalue weighted by atomic mass is 10.1. The van der Waals surface area contributed by atoms with Crippen LogP contribution in [0.4, 0.5) is 11.5 Å². The number of nitrogens with zero attached hydrogens (tertiary/aromatic N) is 2. The molecule has 21 heavy (non-hydrogen) atoms. The molecule has 2 aromatic carbocycles. The van der Waals surface area contributed by atoms with Crippen molar-refractivity contribution in [3.05, 3.63) is 53.9 Å². The van der Waals surface area contributed by atoms with E-state index < -0.39 is 0 Å². The molecule has 4 heteroatoms. The van der Waals surface area contributed by atoms with Crippen LogP contribution >= 0.6 is 0 Å². The molecule has 0 atom stereocenters. The van der Waals surface area contributed by atoms with E-state index in [0.29, 0.717) is 0 Å². The Balaban J connectivity index is 2.04. The summed E-state index contributed by atoms with van der Waals surface area (Å²) in [5.41, 5.74) is 4.33. The van der Waals surface area contributed by atoms with Crippen molar-refractivity contribution in [2.45, 2.75) is 13.8 Å². The van der Waals surface area contributed by atoms with Gasteiger partial charge in [0.25, 0.3) is 0 Å². The molecule has 106 valence electrons. The molecule has 0 saturated carbocycles. The van der Waals surface area contributed by atoms with E-state index in [1.54, 1.807) is 13.4 Å². The number of hydrogen-bond donors (Lipinski definition) is 1. The quantitative estimate of drug-likeness (QED) is 0.787. The fourth-order valence-corrected chi connectivity index (χ4v) is 2.45. The van der Waals surface area contributed by atoms with Gasteiger partial charge in [0, 0.05) is 17.1 Å². The molecule has 0 amide bonds. The van der Waals surface area contributed by atoms with Crippen LogP contribution in [0.1, 0.15) is 11.1 Å². The summed E-state index contributed by atoms with van der Waals surface area (Å²) in [5, 5.41) is 4.34. The molecule has 4 nitrogen and oxygen atoms in total. The first-order valence-electron chi connectivity index (χ1n) is 6.80. The van der Waals surface area contributed by atoms with Crippen molar-refractivity contribution in [1.82, 2.24) is 9.97 Å². The molecule has 1 heterocycles. The second-order valence-electron chi connectivity index (χ2n) is 5.11. The molecule has 1 aromatic heterocycles. The first kappa shape index (κ1) is 13.4. The third kappa shape index (κ3) is 2.79. The number of rotatable bonds is 3. The van der Waals surface area contributed by atoms with E-state index in [1.807, 2.05) is 18.2 Å². The van der Waals surface area contributed by atoms with Crippen molar-refractivity contribution in [3.8, 4) is 5.75 Å². The Labute approximate surface area is 123 Å². The standard InChI is InChI=1S/C17H17N3O/c1-11-6-12(2)8-13(7-11)20-17-15-5-4-14(21-3)9-16(15)18-10-19-17/h4-10H,1-3H3,(H,18,19,20). The second-order valence-corrected chi connectivity index (χ2v) is 5.11. The largest absolute Gasteiger partial charge is 0.497 e. The summed E-state index contributed by atoms with van der Waals surface area (Å²) in [6.45, 7) is 4.17. The Bertz CT molecular complexity index is 779. The number of hydrogen-bond acceptors (Lipinski definition) is 4.